The number of hydrazone groups is 1. The van der Waals surface area contributed by atoms with Crippen molar-refractivity contribution < 1.29 is 9.90 Å². The Morgan fingerprint density at radius 2 is 2.12 bits per heavy atom. The van der Waals surface area contributed by atoms with Crippen molar-refractivity contribution in [1.29, 1.82) is 0 Å². The molecular formula is C13H18N2O2. The minimum absolute atomic E-state index is 0.0357. The number of nitrogens with one attached hydrogen (secondary N) is 1. The van der Waals surface area contributed by atoms with E-state index in [1.54, 1.807) is 18.2 Å². The van der Waals surface area contributed by atoms with Crippen LogP contribution in [-0.2, 0) is 0 Å². The van der Waals surface area contributed by atoms with Gasteiger partial charge >= 0.3 is 0 Å². The van der Waals surface area contributed by atoms with Gasteiger partial charge in [0.15, 0.2) is 0 Å². The lowest BCUT2D eigenvalue weighted by Gasteiger charge is -2.03. The Balaban J connectivity index is 2.58. The molecule has 1 aromatic carbocycles. The highest BCUT2D eigenvalue weighted by atomic mass is 16.3. The molecule has 1 aromatic rings. The molecule has 0 radical (unpaired) electrons. The average Bonchev–Trinajstić information content (AvgIpc) is 2.34. The minimum Gasteiger partial charge on any atom is -0.507 e. The minimum atomic E-state index is -0.390. The Hall–Kier alpha value is -1.84. The van der Waals surface area contributed by atoms with Crippen LogP contribution in [0.2, 0.25) is 0 Å². The quantitative estimate of drug-likeness (QED) is 0.607. The summed E-state index contributed by atoms with van der Waals surface area (Å²) < 4.78 is 0. The van der Waals surface area contributed by atoms with Crippen LogP contribution in [0.3, 0.4) is 0 Å². The number of hydrogen-bond donors (Lipinski definition) is 2. The van der Waals surface area contributed by atoms with E-state index in [0.717, 1.165) is 25.0 Å². The van der Waals surface area contributed by atoms with Gasteiger partial charge in [0.25, 0.3) is 5.91 Å². The first-order valence-corrected chi connectivity index (χ1v) is 5.76. The third kappa shape index (κ3) is 4.26. The Labute approximate surface area is 101 Å². The van der Waals surface area contributed by atoms with Crippen LogP contribution in [-0.4, -0.2) is 16.7 Å². The van der Waals surface area contributed by atoms with E-state index >= 15 is 0 Å². The molecule has 0 aliphatic rings. The van der Waals surface area contributed by atoms with Gasteiger partial charge in [-0.05, 0) is 31.9 Å². The Morgan fingerprint density at radius 1 is 1.41 bits per heavy atom. The summed E-state index contributed by atoms with van der Waals surface area (Å²) in [6.45, 7) is 3.98. The van der Waals surface area contributed by atoms with Crippen LogP contribution in [0.15, 0.2) is 29.4 Å². The molecule has 0 unspecified atom stereocenters. The summed E-state index contributed by atoms with van der Waals surface area (Å²) in [5, 5.41) is 13.5. The van der Waals surface area contributed by atoms with Crippen molar-refractivity contribution in [2.45, 2.75) is 33.1 Å². The molecule has 0 aliphatic heterocycles. The molecule has 17 heavy (non-hydrogen) atoms. The van der Waals surface area contributed by atoms with Crippen LogP contribution in [0.4, 0.5) is 0 Å². The number of benzene rings is 1. The second-order valence-electron chi connectivity index (χ2n) is 3.91. The largest absolute Gasteiger partial charge is 0.507 e. The number of unbranched alkanes of at least 4 members (excludes halogenated alkanes) is 1. The third-order valence-electron chi connectivity index (χ3n) is 2.39. The van der Waals surface area contributed by atoms with E-state index in [-0.39, 0.29) is 17.2 Å². The average molecular weight is 234 g/mol. The van der Waals surface area contributed by atoms with Gasteiger partial charge in [-0.1, -0.05) is 25.5 Å². The van der Waals surface area contributed by atoms with Gasteiger partial charge in [-0.15, -0.1) is 0 Å². The summed E-state index contributed by atoms with van der Waals surface area (Å²) in [5.74, 6) is -0.426. The number of para-hydroxylation sites is 1. The summed E-state index contributed by atoms with van der Waals surface area (Å²) in [6.07, 6.45) is 3.03. The fraction of sp³-hybridized carbons (Fsp3) is 0.385. The van der Waals surface area contributed by atoms with Gasteiger partial charge in [0.05, 0.1) is 5.56 Å². The molecule has 0 aliphatic carbocycles. The van der Waals surface area contributed by atoms with Crippen molar-refractivity contribution in [2.24, 2.45) is 5.10 Å². The standard InChI is InChI=1S/C13H18N2O2/c1-3-4-7-10(2)14-15-13(17)11-8-5-6-9-12(11)16/h5-6,8-9,16H,3-4,7H2,1-2H3,(H,15,17)/b14-10-. The van der Waals surface area contributed by atoms with Gasteiger partial charge in [-0.2, -0.15) is 5.10 Å². The Morgan fingerprint density at radius 3 is 2.76 bits per heavy atom. The summed E-state index contributed by atoms with van der Waals surface area (Å²) in [7, 11) is 0. The lowest BCUT2D eigenvalue weighted by Crippen LogP contribution is -2.19. The fourth-order valence-corrected chi connectivity index (χ4v) is 1.36. The number of amides is 1. The molecule has 1 rings (SSSR count). The highest BCUT2D eigenvalue weighted by molar-refractivity contribution is 5.97. The van der Waals surface area contributed by atoms with Gasteiger partial charge in [0.2, 0.25) is 0 Å². The topological polar surface area (TPSA) is 61.7 Å². The molecule has 4 heteroatoms. The molecule has 0 aromatic heterocycles. The fourth-order valence-electron chi connectivity index (χ4n) is 1.36. The van der Waals surface area contributed by atoms with E-state index in [9.17, 15) is 9.90 Å². The predicted molar refractivity (Wildman–Crippen MR) is 68.2 cm³/mol. The Kier molecular flexibility index (Phi) is 5.20. The maximum atomic E-state index is 11.7. The number of nitrogens with zero attached hydrogens (tertiary/aromatic N) is 1. The molecule has 92 valence electrons. The van der Waals surface area contributed by atoms with Crippen molar-refractivity contribution >= 4 is 11.6 Å². The lowest BCUT2D eigenvalue weighted by molar-refractivity contribution is 0.0952. The van der Waals surface area contributed by atoms with Crippen molar-refractivity contribution in [3.63, 3.8) is 0 Å². The Bertz CT molecular complexity index is 414. The highest BCUT2D eigenvalue weighted by Gasteiger charge is 2.08. The third-order valence-corrected chi connectivity index (χ3v) is 2.39. The molecule has 0 bridgehead atoms. The van der Waals surface area contributed by atoms with Crippen LogP contribution < -0.4 is 5.43 Å². The van der Waals surface area contributed by atoms with E-state index in [1.807, 2.05) is 6.92 Å². The molecule has 4 nitrogen and oxygen atoms in total. The number of carbonyl (C=O) groups excluding carboxylic acids is 1. The van der Waals surface area contributed by atoms with Gasteiger partial charge in [-0.25, -0.2) is 5.43 Å². The lowest BCUT2D eigenvalue weighted by atomic mass is 10.2. The van der Waals surface area contributed by atoms with Crippen LogP contribution in [0.5, 0.6) is 5.75 Å². The van der Waals surface area contributed by atoms with E-state index < -0.39 is 0 Å². The first kappa shape index (κ1) is 13.2. The van der Waals surface area contributed by atoms with Crippen LogP contribution in [0.1, 0.15) is 43.5 Å². The number of aromatic hydroxyl groups is 1. The molecule has 0 saturated carbocycles. The van der Waals surface area contributed by atoms with Gasteiger partial charge < -0.3 is 5.11 Å². The van der Waals surface area contributed by atoms with Crippen molar-refractivity contribution in [1.82, 2.24) is 5.43 Å². The SMILES string of the molecule is CCCC/C(C)=N\NC(=O)c1ccccc1O. The summed E-state index contributed by atoms with van der Waals surface area (Å²) in [6, 6.07) is 6.40. The van der Waals surface area contributed by atoms with Gasteiger partial charge in [0.1, 0.15) is 5.75 Å². The zero-order valence-electron chi connectivity index (χ0n) is 10.2. The van der Waals surface area contributed by atoms with Crippen LogP contribution >= 0.6 is 0 Å². The molecule has 0 spiro atoms. The van der Waals surface area contributed by atoms with Gasteiger partial charge in [-0.3, -0.25) is 4.79 Å². The maximum Gasteiger partial charge on any atom is 0.275 e. The molecule has 0 fully saturated rings. The molecule has 0 heterocycles. The highest BCUT2D eigenvalue weighted by Crippen LogP contribution is 2.14. The summed E-state index contributed by atoms with van der Waals surface area (Å²) in [4.78, 5) is 11.7. The number of phenolic OH excluding ortho intramolecular Hbond substituents is 1. The number of carbonyl (C=O) groups is 1. The monoisotopic (exact) mass is 234 g/mol. The smallest absolute Gasteiger partial charge is 0.275 e. The summed E-state index contributed by atoms with van der Waals surface area (Å²) in [5.41, 5.74) is 3.56. The zero-order chi connectivity index (χ0) is 12.7. The molecule has 2 N–H and O–H groups in total. The summed E-state index contributed by atoms with van der Waals surface area (Å²) >= 11 is 0. The number of rotatable bonds is 5. The van der Waals surface area contributed by atoms with Crippen LogP contribution in [0.25, 0.3) is 0 Å². The molecule has 1 amide bonds. The number of hydrogen-bond acceptors (Lipinski definition) is 3. The maximum absolute atomic E-state index is 11.7. The normalized spacial score (nSPS) is 11.3. The van der Waals surface area contributed by atoms with E-state index in [2.05, 4.69) is 17.5 Å². The second-order valence-corrected chi connectivity index (χ2v) is 3.91. The predicted octanol–water partition coefficient (Wildman–Crippen LogP) is 2.69. The van der Waals surface area contributed by atoms with Crippen molar-refractivity contribution in [3.8, 4) is 5.75 Å². The molecular weight excluding hydrogens is 216 g/mol. The van der Waals surface area contributed by atoms with E-state index in [1.165, 1.54) is 6.07 Å². The second kappa shape index (κ2) is 6.68. The first-order chi connectivity index (χ1) is 8.15. The van der Waals surface area contributed by atoms with E-state index in [0.29, 0.717) is 0 Å². The first-order valence-electron chi connectivity index (χ1n) is 5.76. The number of phenols is 1. The van der Waals surface area contributed by atoms with Crippen molar-refractivity contribution in [2.75, 3.05) is 0 Å². The van der Waals surface area contributed by atoms with Crippen molar-refractivity contribution in [3.05, 3.63) is 29.8 Å². The van der Waals surface area contributed by atoms with Crippen LogP contribution in [0, 0.1) is 0 Å². The van der Waals surface area contributed by atoms with E-state index in [4.69, 9.17) is 0 Å². The molecule has 0 saturated heterocycles. The zero-order valence-corrected chi connectivity index (χ0v) is 10.2. The van der Waals surface area contributed by atoms with Gasteiger partial charge in [0, 0.05) is 5.71 Å². The molecule has 0 atom stereocenters.